The number of rotatable bonds is 4. The molecular weight excluding hydrogens is 278 g/mol. The van der Waals surface area contributed by atoms with Crippen molar-refractivity contribution in [1.82, 2.24) is 0 Å². The summed E-state index contributed by atoms with van der Waals surface area (Å²) in [7, 11) is 0. The van der Waals surface area contributed by atoms with Crippen molar-refractivity contribution in [2.45, 2.75) is 6.92 Å². The van der Waals surface area contributed by atoms with Crippen LogP contribution in [0, 0.1) is 11.6 Å². The van der Waals surface area contributed by atoms with E-state index in [0.29, 0.717) is 17.1 Å². The molecule has 6 heteroatoms. The predicted molar refractivity (Wildman–Crippen MR) is 76.5 cm³/mol. The standard InChI is InChI=1S/C15H14F2N2O2/c1-2-21-15(20)11-7-9(18)3-6-14(11)19-10-4-5-12(16)13(17)8-10/h3-8,19H,2,18H2,1H3. The molecular formula is C15H14F2N2O2. The van der Waals surface area contributed by atoms with Gasteiger partial charge >= 0.3 is 5.97 Å². The van der Waals surface area contributed by atoms with E-state index >= 15 is 0 Å². The molecule has 2 aromatic rings. The van der Waals surface area contributed by atoms with Gasteiger partial charge in [-0.05, 0) is 37.3 Å². The molecule has 21 heavy (non-hydrogen) atoms. The van der Waals surface area contributed by atoms with Gasteiger partial charge in [0.05, 0.1) is 17.9 Å². The van der Waals surface area contributed by atoms with Crippen molar-refractivity contribution in [2.75, 3.05) is 17.7 Å². The van der Waals surface area contributed by atoms with E-state index in [1.807, 2.05) is 0 Å². The van der Waals surface area contributed by atoms with Gasteiger partial charge in [-0.3, -0.25) is 0 Å². The fourth-order valence-electron chi connectivity index (χ4n) is 1.78. The zero-order valence-electron chi connectivity index (χ0n) is 11.3. The number of halogens is 2. The third-order valence-electron chi connectivity index (χ3n) is 2.74. The van der Waals surface area contributed by atoms with E-state index in [1.165, 1.54) is 12.1 Å². The van der Waals surface area contributed by atoms with Crippen molar-refractivity contribution >= 4 is 23.0 Å². The minimum atomic E-state index is -0.979. The molecule has 2 aromatic carbocycles. The van der Waals surface area contributed by atoms with Crippen molar-refractivity contribution in [3.8, 4) is 0 Å². The number of nitrogen functional groups attached to an aromatic ring is 1. The SMILES string of the molecule is CCOC(=O)c1cc(N)ccc1Nc1ccc(F)c(F)c1. The number of hydrogen-bond acceptors (Lipinski definition) is 4. The number of nitrogens with one attached hydrogen (secondary N) is 1. The van der Waals surface area contributed by atoms with E-state index < -0.39 is 17.6 Å². The summed E-state index contributed by atoms with van der Waals surface area (Å²) in [5, 5.41) is 2.84. The van der Waals surface area contributed by atoms with Crippen molar-refractivity contribution < 1.29 is 18.3 Å². The van der Waals surface area contributed by atoms with Crippen molar-refractivity contribution in [1.29, 1.82) is 0 Å². The molecule has 4 nitrogen and oxygen atoms in total. The highest BCUT2D eigenvalue weighted by molar-refractivity contribution is 5.97. The number of esters is 1. The first kappa shape index (κ1) is 14.8. The Bertz CT molecular complexity index is 675. The van der Waals surface area contributed by atoms with Gasteiger partial charge in [-0.2, -0.15) is 0 Å². The van der Waals surface area contributed by atoms with E-state index in [1.54, 1.807) is 19.1 Å². The highest BCUT2D eigenvalue weighted by Gasteiger charge is 2.14. The Labute approximate surface area is 120 Å². The molecule has 110 valence electrons. The van der Waals surface area contributed by atoms with Crippen LogP contribution in [-0.2, 0) is 4.74 Å². The van der Waals surface area contributed by atoms with Gasteiger partial charge in [-0.25, -0.2) is 13.6 Å². The molecule has 0 atom stereocenters. The average Bonchev–Trinajstić information content (AvgIpc) is 2.45. The second-order valence-electron chi connectivity index (χ2n) is 4.28. The Hall–Kier alpha value is -2.63. The molecule has 2 rings (SSSR count). The monoisotopic (exact) mass is 292 g/mol. The first-order valence-electron chi connectivity index (χ1n) is 6.30. The van der Waals surface area contributed by atoms with E-state index in [0.717, 1.165) is 12.1 Å². The Kier molecular flexibility index (Phi) is 4.37. The first-order chi connectivity index (χ1) is 10.0. The highest BCUT2D eigenvalue weighted by atomic mass is 19.2. The second-order valence-corrected chi connectivity index (χ2v) is 4.28. The van der Waals surface area contributed by atoms with Gasteiger partial charge in [-0.15, -0.1) is 0 Å². The lowest BCUT2D eigenvalue weighted by atomic mass is 10.1. The second kappa shape index (κ2) is 6.21. The predicted octanol–water partition coefficient (Wildman–Crippen LogP) is 3.47. The number of ether oxygens (including phenoxy) is 1. The molecule has 0 heterocycles. The van der Waals surface area contributed by atoms with Crippen LogP contribution >= 0.6 is 0 Å². The Morgan fingerprint density at radius 2 is 1.95 bits per heavy atom. The molecule has 0 fully saturated rings. The average molecular weight is 292 g/mol. The lowest BCUT2D eigenvalue weighted by molar-refractivity contribution is 0.0527. The summed E-state index contributed by atoms with van der Waals surface area (Å²) in [6.07, 6.45) is 0. The third-order valence-corrected chi connectivity index (χ3v) is 2.74. The molecule has 0 aliphatic heterocycles. The number of carbonyl (C=O) groups is 1. The fourth-order valence-corrected chi connectivity index (χ4v) is 1.78. The summed E-state index contributed by atoms with van der Waals surface area (Å²) >= 11 is 0. The number of benzene rings is 2. The lowest BCUT2D eigenvalue weighted by Gasteiger charge is -2.12. The Balaban J connectivity index is 2.34. The van der Waals surface area contributed by atoms with Crippen LogP contribution < -0.4 is 11.1 Å². The van der Waals surface area contributed by atoms with Crippen LogP contribution in [-0.4, -0.2) is 12.6 Å². The van der Waals surface area contributed by atoms with Crippen molar-refractivity contribution in [3.05, 3.63) is 53.6 Å². The third kappa shape index (κ3) is 3.47. The topological polar surface area (TPSA) is 64.3 Å². The van der Waals surface area contributed by atoms with E-state index in [2.05, 4.69) is 5.32 Å². The molecule has 0 bridgehead atoms. The maximum Gasteiger partial charge on any atom is 0.340 e. The van der Waals surface area contributed by atoms with Crippen molar-refractivity contribution in [2.24, 2.45) is 0 Å². The normalized spacial score (nSPS) is 10.2. The Morgan fingerprint density at radius 1 is 1.19 bits per heavy atom. The van der Waals surface area contributed by atoms with Gasteiger partial charge in [0.1, 0.15) is 0 Å². The van der Waals surface area contributed by atoms with Gasteiger partial charge in [-0.1, -0.05) is 0 Å². The lowest BCUT2D eigenvalue weighted by Crippen LogP contribution is -2.08. The summed E-state index contributed by atoms with van der Waals surface area (Å²) in [6, 6.07) is 7.98. The van der Waals surface area contributed by atoms with Crippen LogP contribution in [0.25, 0.3) is 0 Å². The van der Waals surface area contributed by atoms with Crippen LogP contribution in [0.15, 0.2) is 36.4 Å². The molecule has 3 N–H and O–H groups in total. The van der Waals surface area contributed by atoms with Crippen LogP contribution in [0.1, 0.15) is 17.3 Å². The summed E-state index contributed by atoms with van der Waals surface area (Å²) in [6.45, 7) is 1.91. The molecule has 0 spiro atoms. The summed E-state index contributed by atoms with van der Waals surface area (Å²) in [4.78, 5) is 11.9. The molecule has 0 unspecified atom stereocenters. The van der Waals surface area contributed by atoms with Crippen LogP contribution in [0.2, 0.25) is 0 Å². The van der Waals surface area contributed by atoms with Crippen LogP contribution in [0.3, 0.4) is 0 Å². The van der Waals surface area contributed by atoms with Crippen molar-refractivity contribution in [3.63, 3.8) is 0 Å². The molecule has 0 aromatic heterocycles. The van der Waals surface area contributed by atoms with E-state index in [-0.39, 0.29) is 12.2 Å². The van der Waals surface area contributed by atoms with Gasteiger partial charge in [0.25, 0.3) is 0 Å². The highest BCUT2D eigenvalue weighted by Crippen LogP contribution is 2.25. The zero-order chi connectivity index (χ0) is 15.4. The fraction of sp³-hybridized carbons (Fsp3) is 0.133. The van der Waals surface area contributed by atoms with Gasteiger partial charge < -0.3 is 15.8 Å². The molecule has 0 aliphatic rings. The molecule has 0 radical (unpaired) electrons. The Morgan fingerprint density at radius 3 is 2.62 bits per heavy atom. The van der Waals surface area contributed by atoms with Gasteiger partial charge in [0, 0.05) is 17.4 Å². The number of hydrogen-bond donors (Lipinski definition) is 2. The smallest absolute Gasteiger partial charge is 0.340 e. The minimum Gasteiger partial charge on any atom is -0.462 e. The summed E-state index contributed by atoms with van der Waals surface area (Å²) in [5.41, 5.74) is 6.98. The largest absolute Gasteiger partial charge is 0.462 e. The van der Waals surface area contributed by atoms with E-state index in [4.69, 9.17) is 10.5 Å². The van der Waals surface area contributed by atoms with E-state index in [9.17, 15) is 13.6 Å². The maximum atomic E-state index is 13.2. The first-order valence-corrected chi connectivity index (χ1v) is 6.30. The molecule has 0 saturated heterocycles. The maximum absolute atomic E-state index is 13.2. The number of nitrogens with two attached hydrogens (primary N) is 1. The minimum absolute atomic E-state index is 0.220. The number of anilines is 3. The molecule has 0 aliphatic carbocycles. The summed E-state index contributed by atoms with van der Waals surface area (Å²) < 4.78 is 31.0. The number of carbonyl (C=O) groups excluding carboxylic acids is 1. The quantitative estimate of drug-likeness (QED) is 0.669. The zero-order valence-corrected chi connectivity index (χ0v) is 11.3. The molecule has 0 amide bonds. The van der Waals surface area contributed by atoms with Crippen LogP contribution in [0.4, 0.5) is 25.8 Å². The molecule has 0 saturated carbocycles. The van der Waals surface area contributed by atoms with Gasteiger partial charge in [0.2, 0.25) is 0 Å². The van der Waals surface area contributed by atoms with Gasteiger partial charge in [0.15, 0.2) is 11.6 Å². The van der Waals surface area contributed by atoms with Crippen LogP contribution in [0.5, 0.6) is 0 Å². The summed E-state index contributed by atoms with van der Waals surface area (Å²) in [5.74, 6) is -2.47.